The summed E-state index contributed by atoms with van der Waals surface area (Å²) < 4.78 is 45.4. The zero-order valence-corrected chi connectivity index (χ0v) is 18.3. The van der Waals surface area contributed by atoms with Gasteiger partial charge in [0.15, 0.2) is 27.9 Å². The molecule has 3 rings (SSSR count). The van der Waals surface area contributed by atoms with Crippen molar-refractivity contribution in [3.63, 3.8) is 0 Å². The van der Waals surface area contributed by atoms with Crippen molar-refractivity contribution in [2.45, 2.75) is 55.5 Å². The van der Waals surface area contributed by atoms with Crippen molar-refractivity contribution >= 4 is 45.8 Å². The fraction of sp³-hybridized carbons (Fsp3) is 0.474. The summed E-state index contributed by atoms with van der Waals surface area (Å²) in [4.78, 5) is 24.1. The number of amides is 1. The number of nitrogens with one attached hydrogen (secondary N) is 2. The van der Waals surface area contributed by atoms with Gasteiger partial charge in [-0.15, -0.1) is 10.2 Å². The molecule has 0 radical (unpaired) electrons. The first-order valence-corrected chi connectivity index (χ1v) is 11.5. The smallest absolute Gasteiger partial charge is 0.317 e. The molecule has 0 saturated heterocycles. The van der Waals surface area contributed by atoms with Crippen molar-refractivity contribution in [2.75, 3.05) is 16.4 Å². The van der Waals surface area contributed by atoms with Crippen molar-refractivity contribution in [3.05, 3.63) is 29.6 Å². The van der Waals surface area contributed by atoms with Crippen molar-refractivity contribution in [1.29, 1.82) is 0 Å². The lowest BCUT2D eigenvalue weighted by Gasteiger charge is -2.21. The third-order valence-electron chi connectivity index (χ3n) is 4.62. The molecule has 1 atom stereocenters. The number of carbonyl (C=O) groups excluding carboxylic acids is 2. The number of halogens is 3. The molecule has 1 aliphatic rings. The van der Waals surface area contributed by atoms with Gasteiger partial charge in [0, 0.05) is 6.04 Å². The Kier molecular flexibility index (Phi) is 8.13. The minimum absolute atomic E-state index is 0.102. The van der Waals surface area contributed by atoms with Crippen molar-refractivity contribution in [1.82, 2.24) is 10.2 Å². The molecule has 0 unspecified atom stereocenters. The number of aromatic nitrogens is 2. The summed E-state index contributed by atoms with van der Waals surface area (Å²) in [7, 11) is 0. The van der Waals surface area contributed by atoms with E-state index >= 15 is 0 Å². The molecule has 1 aliphatic carbocycles. The van der Waals surface area contributed by atoms with E-state index in [1.807, 2.05) is 0 Å². The van der Waals surface area contributed by atoms with Crippen LogP contribution in [-0.2, 0) is 14.3 Å². The molecule has 2 aromatic rings. The minimum atomic E-state index is -1.70. The third kappa shape index (κ3) is 6.57. The van der Waals surface area contributed by atoms with E-state index < -0.39 is 41.1 Å². The predicted molar refractivity (Wildman–Crippen MR) is 112 cm³/mol. The van der Waals surface area contributed by atoms with Gasteiger partial charge in [0.2, 0.25) is 5.13 Å². The highest BCUT2D eigenvalue weighted by atomic mass is 32.2. The molecule has 1 saturated carbocycles. The average molecular weight is 475 g/mol. The first kappa shape index (κ1) is 23.3. The highest BCUT2D eigenvalue weighted by Crippen LogP contribution is 2.28. The molecule has 12 heteroatoms. The predicted octanol–water partition coefficient (Wildman–Crippen LogP) is 4.36. The van der Waals surface area contributed by atoms with Crippen LogP contribution in [0.5, 0.6) is 0 Å². The SMILES string of the molecule is C[C@H](OC(=O)CSc1nnc(NC2CCCCC2)s1)C(=O)Nc1ccc(F)c(F)c1F. The van der Waals surface area contributed by atoms with E-state index in [2.05, 4.69) is 20.8 Å². The van der Waals surface area contributed by atoms with Crippen LogP contribution in [0, 0.1) is 17.5 Å². The standard InChI is InChI=1S/C19H21F3N4O3S2/c1-10(17(28)24-13-8-7-12(20)15(21)16(13)22)29-14(27)9-30-19-26-25-18(31-19)23-11-5-3-2-4-6-11/h7-8,10-11H,2-6,9H2,1H3,(H,23,25)(H,24,28)/t10-/m0/s1. The highest BCUT2D eigenvalue weighted by Gasteiger charge is 2.22. The Labute approximate surface area is 185 Å². The van der Waals surface area contributed by atoms with Crippen LogP contribution >= 0.6 is 23.1 Å². The first-order valence-electron chi connectivity index (χ1n) is 9.70. The monoisotopic (exact) mass is 474 g/mol. The number of anilines is 2. The number of carbonyl (C=O) groups is 2. The Bertz CT molecular complexity index is 938. The zero-order chi connectivity index (χ0) is 22.4. The lowest BCUT2D eigenvalue weighted by molar-refractivity contribution is -0.150. The number of hydrogen-bond acceptors (Lipinski definition) is 8. The van der Waals surface area contributed by atoms with Gasteiger partial charge in [-0.25, -0.2) is 13.2 Å². The van der Waals surface area contributed by atoms with E-state index in [0.717, 1.165) is 30.7 Å². The average Bonchev–Trinajstić information content (AvgIpc) is 3.20. The van der Waals surface area contributed by atoms with Crippen LogP contribution in [0.15, 0.2) is 16.5 Å². The molecule has 1 amide bonds. The topological polar surface area (TPSA) is 93.2 Å². The van der Waals surface area contributed by atoms with Gasteiger partial charge < -0.3 is 15.4 Å². The zero-order valence-electron chi connectivity index (χ0n) is 16.6. The largest absolute Gasteiger partial charge is 0.452 e. The molecule has 1 heterocycles. The fourth-order valence-corrected chi connectivity index (χ4v) is 4.62. The van der Waals surface area contributed by atoms with Crippen LogP contribution < -0.4 is 10.6 Å². The summed E-state index contributed by atoms with van der Waals surface area (Å²) in [5.74, 6) is -6.27. The van der Waals surface area contributed by atoms with Crippen LogP contribution in [0.1, 0.15) is 39.0 Å². The van der Waals surface area contributed by atoms with E-state index in [1.165, 1.54) is 37.5 Å². The van der Waals surface area contributed by atoms with E-state index in [0.29, 0.717) is 21.6 Å². The van der Waals surface area contributed by atoms with Gasteiger partial charge in [0.1, 0.15) is 0 Å². The number of rotatable bonds is 8. The van der Waals surface area contributed by atoms with Gasteiger partial charge in [-0.3, -0.25) is 9.59 Å². The van der Waals surface area contributed by atoms with Crippen LogP contribution in [0.2, 0.25) is 0 Å². The molecular formula is C19H21F3N4O3S2. The summed E-state index contributed by atoms with van der Waals surface area (Å²) >= 11 is 2.46. The van der Waals surface area contributed by atoms with Gasteiger partial charge >= 0.3 is 5.97 Å². The third-order valence-corrected chi connectivity index (χ3v) is 6.58. The number of nitrogens with zero attached hydrogens (tertiary/aromatic N) is 2. The second-order valence-electron chi connectivity index (χ2n) is 6.99. The summed E-state index contributed by atoms with van der Waals surface area (Å²) in [6.07, 6.45) is 4.57. The molecular weight excluding hydrogens is 453 g/mol. The van der Waals surface area contributed by atoms with Gasteiger partial charge in [0.05, 0.1) is 11.4 Å². The van der Waals surface area contributed by atoms with Gasteiger partial charge in [-0.1, -0.05) is 42.4 Å². The molecule has 0 aliphatic heterocycles. The van der Waals surface area contributed by atoms with Gasteiger partial charge in [0.25, 0.3) is 5.91 Å². The maximum absolute atomic E-state index is 13.6. The maximum Gasteiger partial charge on any atom is 0.317 e. The van der Waals surface area contributed by atoms with Crippen molar-refractivity contribution < 1.29 is 27.5 Å². The first-order chi connectivity index (χ1) is 14.8. The summed E-state index contributed by atoms with van der Waals surface area (Å²) in [6.45, 7) is 1.28. The van der Waals surface area contributed by atoms with Crippen LogP contribution in [0.25, 0.3) is 0 Å². The lowest BCUT2D eigenvalue weighted by Crippen LogP contribution is -2.31. The van der Waals surface area contributed by atoms with Gasteiger partial charge in [-0.2, -0.15) is 0 Å². The fourth-order valence-electron chi connectivity index (χ4n) is 3.01. The van der Waals surface area contributed by atoms with E-state index in [4.69, 9.17) is 4.74 Å². The Morgan fingerprint density at radius 1 is 1.19 bits per heavy atom. The quantitative estimate of drug-likeness (QED) is 0.334. The molecule has 0 spiro atoms. The number of esters is 1. The Balaban J connectivity index is 1.44. The van der Waals surface area contributed by atoms with Crippen LogP contribution in [0.3, 0.4) is 0 Å². The minimum Gasteiger partial charge on any atom is -0.452 e. The Morgan fingerprint density at radius 3 is 2.68 bits per heavy atom. The van der Waals surface area contributed by atoms with E-state index in [1.54, 1.807) is 0 Å². The Hall–Kier alpha value is -2.34. The van der Waals surface area contributed by atoms with Crippen LogP contribution in [-0.4, -0.2) is 40.0 Å². The summed E-state index contributed by atoms with van der Waals surface area (Å²) in [6, 6.07) is 1.95. The van der Waals surface area contributed by atoms with Crippen molar-refractivity contribution in [2.24, 2.45) is 0 Å². The van der Waals surface area contributed by atoms with Crippen LogP contribution in [0.4, 0.5) is 24.0 Å². The van der Waals surface area contributed by atoms with E-state index in [-0.39, 0.29) is 5.75 Å². The van der Waals surface area contributed by atoms with Crippen molar-refractivity contribution in [3.8, 4) is 0 Å². The molecule has 2 N–H and O–H groups in total. The number of ether oxygens (including phenoxy) is 1. The lowest BCUT2D eigenvalue weighted by atomic mass is 9.96. The molecule has 1 aromatic carbocycles. The second kappa shape index (κ2) is 10.8. The maximum atomic E-state index is 13.6. The molecule has 168 valence electrons. The number of hydrogen-bond donors (Lipinski definition) is 2. The summed E-state index contributed by atoms with van der Waals surface area (Å²) in [5, 5.41) is 14.2. The number of thioether (sulfide) groups is 1. The normalized spacial score (nSPS) is 15.4. The van der Waals surface area contributed by atoms with Gasteiger partial charge in [-0.05, 0) is 31.9 Å². The number of benzene rings is 1. The highest BCUT2D eigenvalue weighted by molar-refractivity contribution is 8.01. The molecule has 0 bridgehead atoms. The molecule has 7 nitrogen and oxygen atoms in total. The second-order valence-corrected chi connectivity index (χ2v) is 9.19. The summed E-state index contributed by atoms with van der Waals surface area (Å²) in [5.41, 5.74) is -0.548. The Morgan fingerprint density at radius 2 is 1.94 bits per heavy atom. The van der Waals surface area contributed by atoms with E-state index in [9.17, 15) is 22.8 Å². The molecule has 1 fully saturated rings. The molecule has 1 aromatic heterocycles. The molecule has 31 heavy (non-hydrogen) atoms.